The molecule has 0 saturated carbocycles. The fourth-order valence-corrected chi connectivity index (χ4v) is 2.32. The molecule has 1 aromatic carbocycles. The first-order valence-electron chi connectivity index (χ1n) is 4.61. The summed E-state index contributed by atoms with van der Waals surface area (Å²) in [4.78, 5) is 15.6. The molecule has 0 aliphatic carbocycles. The second kappa shape index (κ2) is 4.02. The Bertz CT molecular complexity index is 551. The number of primary amides is 1. The number of hydrogen-bond donors (Lipinski definition) is 1. The number of aryl methyl sites for hydroxylation is 1. The van der Waals surface area contributed by atoms with E-state index in [9.17, 15) is 9.18 Å². The molecule has 0 atom stereocenters. The van der Waals surface area contributed by atoms with Crippen LogP contribution in [0.4, 0.5) is 4.39 Å². The summed E-state index contributed by atoms with van der Waals surface area (Å²) < 4.78 is 13.5. The van der Waals surface area contributed by atoms with Crippen molar-refractivity contribution in [1.82, 2.24) is 4.98 Å². The van der Waals surface area contributed by atoms with Crippen molar-refractivity contribution in [2.24, 2.45) is 5.73 Å². The molecule has 0 spiro atoms. The molecule has 0 aliphatic heterocycles. The molecular weight excluding hydrogens is 227 g/mol. The minimum Gasteiger partial charge on any atom is -0.365 e. The van der Waals surface area contributed by atoms with Gasteiger partial charge in [-0.1, -0.05) is 12.1 Å². The third-order valence-electron chi connectivity index (χ3n) is 2.12. The minimum atomic E-state index is -0.530. The van der Waals surface area contributed by atoms with Crippen LogP contribution in [0.1, 0.15) is 15.4 Å². The van der Waals surface area contributed by atoms with Crippen LogP contribution in [0, 0.1) is 12.7 Å². The van der Waals surface area contributed by atoms with Gasteiger partial charge in [0.15, 0.2) is 0 Å². The highest BCUT2D eigenvalue weighted by atomic mass is 32.1. The zero-order valence-electron chi connectivity index (χ0n) is 8.53. The minimum absolute atomic E-state index is 0.354. The van der Waals surface area contributed by atoms with Gasteiger partial charge in [0.25, 0.3) is 5.91 Å². The molecule has 5 heteroatoms. The van der Waals surface area contributed by atoms with Crippen molar-refractivity contribution in [3.63, 3.8) is 0 Å². The Morgan fingerprint density at radius 2 is 2.12 bits per heavy atom. The van der Waals surface area contributed by atoms with E-state index in [1.165, 1.54) is 6.07 Å². The number of nitrogens with zero attached hydrogens (tertiary/aromatic N) is 1. The third kappa shape index (κ3) is 1.81. The summed E-state index contributed by atoms with van der Waals surface area (Å²) in [6.07, 6.45) is 0. The van der Waals surface area contributed by atoms with Gasteiger partial charge in [0.05, 0.1) is 5.69 Å². The van der Waals surface area contributed by atoms with Crippen LogP contribution in [0.25, 0.3) is 10.6 Å². The Labute approximate surface area is 95.7 Å². The molecule has 1 heterocycles. The molecule has 0 unspecified atom stereocenters. The molecule has 0 bridgehead atoms. The second-order valence-corrected chi connectivity index (χ2v) is 4.28. The number of halogens is 1. The summed E-state index contributed by atoms with van der Waals surface area (Å²) in [7, 11) is 0. The molecule has 0 saturated heterocycles. The van der Waals surface area contributed by atoms with E-state index >= 15 is 0 Å². The van der Waals surface area contributed by atoms with E-state index in [1.54, 1.807) is 25.1 Å². The average molecular weight is 236 g/mol. The van der Waals surface area contributed by atoms with Gasteiger partial charge in [-0.05, 0) is 19.1 Å². The summed E-state index contributed by atoms with van der Waals surface area (Å²) in [5.41, 5.74) is 6.11. The number of rotatable bonds is 2. The van der Waals surface area contributed by atoms with E-state index in [1.807, 2.05) is 0 Å². The van der Waals surface area contributed by atoms with Crippen molar-refractivity contribution in [3.8, 4) is 10.6 Å². The molecule has 1 aromatic heterocycles. The third-order valence-corrected chi connectivity index (χ3v) is 3.33. The van der Waals surface area contributed by atoms with Crippen molar-refractivity contribution in [2.75, 3.05) is 0 Å². The molecule has 1 amide bonds. The van der Waals surface area contributed by atoms with Gasteiger partial charge in [-0.3, -0.25) is 4.79 Å². The predicted octanol–water partition coefficient (Wildman–Crippen LogP) is 2.36. The lowest BCUT2D eigenvalue weighted by Crippen LogP contribution is -2.09. The highest BCUT2D eigenvalue weighted by molar-refractivity contribution is 7.17. The first-order chi connectivity index (χ1) is 7.59. The molecule has 0 fully saturated rings. The molecule has 82 valence electrons. The van der Waals surface area contributed by atoms with E-state index in [-0.39, 0.29) is 5.82 Å². The molecule has 0 aliphatic rings. The van der Waals surface area contributed by atoms with Crippen molar-refractivity contribution >= 4 is 17.2 Å². The van der Waals surface area contributed by atoms with Crippen LogP contribution in [-0.4, -0.2) is 10.9 Å². The van der Waals surface area contributed by atoms with Crippen molar-refractivity contribution in [1.29, 1.82) is 0 Å². The number of carbonyl (C=O) groups is 1. The standard InChI is InChI=1S/C11H9FN2OS/c1-6-9(10(13)15)16-11(14-6)7-4-2-3-5-8(7)12/h2-5H,1H3,(H2,13,15). The van der Waals surface area contributed by atoms with Gasteiger partial charge in [-0.25, -0.2) is 9.37 Å². The van der Waals surface area contributed by atoms with Crippen LogP contribution in [-0.2, 0) is 0 Å². The lowest BCUT2D eigenvalue weighted by molar-refractivity contribution is 0.100. The first kappa shape index (κ1) is 10.8. The van der Waals surface area contributed by atoms with Gasteiger partial charge in [-0.15, -0.1) is 11.3 Å². The first-order valence-corrected chi connectivity index (χ1v) is 5.43. The summed E-state index contributed by atoms with van der Waals surface area (Å²) >= 11 is 1.11. The fraction of sp³-hybridized carbons (Fsp3) is 0.0909. The van der Waals surface area contributed by atoms with Gasteiger partial charge in [0.1, 0.15) is 15.7 Å². The smallest absolute Gasteiger partial charge is 0.260 e. The quantitative estimate of drug-likeness (QED) is 0.870. The zero-order valence-corrected chi connectivity index (χ0v) is 9.34. The van der Waals surface area contributed by atoms with Gasteiger partial charge < -0.3 is 5.73 Å². The number of nitrogens with two attached hydrogens (primary N) is 1. The second-order valence-electron chi connectivity index (χ2n) is 3.28. The maximum atomic E-state index is 13.5. The maximum Gasteiger partial charge on any atom is 0.260 e. The van der Waals surface area contributed by atoms with Crippen LogP contribution in [0.3, 0.4) is 0 Å². The maximum absolute atomic E-state index is 13.5. The van der Waals surface area contributed by atoms with Gasteiger partial charge in [-0.2, -0.15) is 0 Å². The highest BCUT2D eigenvalue weighted by Crippen LogP contribution is 2.29. The summed E-state index contributed by atoms with van der Waals surface area (Å²) in [6.45, 7) is 1.68. The largest absolute Gasteiger partial charge is 0.365 e. The van der Waals surface area contributed by atoms with Crippen LogP contribution in [0.5, 0.6) is 0 Å². The molecule has 2 N–H and O–H groups in total. The van der Waals surface area contributed by atoms with E-state index in [0.717, 1.165) is 11.3 Å². The predicted molar refractivity (Wildman–Crippen MR) is 60.8 cm³/mol. The highest BCUT2D eigenvalue weighted by Gasteiger charge is 2.15. The van der Waals surface area contributed by atoms with Crippen LogP contribution >= 0.6 is 11.3 Å². The molecule has 2 rings (SSSR count). The Morgan fingerprint density at radius 3 is 2.69 bits per heavy atom. The summed E-state index contributed by atoms with van der Waals surface area (Å²) in [6, 6.07) is 6.31. The normalized spacial score (nSPS) is 10.4. The number of carbonyl (C=O) groups excluding carboxylic acids is 1. The van der Waals surface area contributed by atoms with Gasteiger partial charge >= 0.3 is 0 Å². The Kier molecular flexibility index (Phi) is 2.70. The molecule has 16 heavy (non-hydrogen) atoms. The molecule has 3 nitrogen and oxygen atoms in total. The Hall–Kier alpha value is -1.75. The van der Waals surface area contributed by atoms with Crippen LogP contribution in [0.15, 0.2) is 24.3 Å². The lowest BCUT2D eigenvalue weighted by atomic mass is 10.2. The van der Waals surface area contributed by atoms with E-state index in [4.69, 9.17) is 5.73 Å². The van der Waals surface area contributed by atoms with Crippen molar-refractivity contribution in [2.45, 2.75) is 6.92 Å². The van der Waals surface area contributed by atoms with Crippen LogP contribution < -0.4 is 5.73 Å². The Balaban J connectivity index is 2.54. The van der Waals surface area contributed by atoms with Gasteiger partial charge in [0.2, 0.25) is 0 Å². The SMILES string of the molecule is Cc1nc(-c2ccccc2F)sc1C(N)=O. The van der Waals surface area contributed by atoms with Crippen molar-refractivity contribution in [3.05, 3.63) is 40.7 Å². The number of thiazole rings is 1. The summed E-state index contributed by atoms with van der Waals surface area (Å²) in [5.74, 6) is -0.884. The van der Waals surface area contributed by atoms with E-state index in [0.29, 0.717) is 21.1 Å². The van der Waals surface area contributed by atoms with Crippen LogP contribution in [0.2, 0.25) is 0 Å². The summed E-state index contributed by atoms with van der Waals surface area (Å²) in [5, 5.41) is 0.476. The lowest BCUT2D eigenvalue weighted by Gasteiger charge is -1.96. The number of hydrogen-bond acceptors (Lipinski definition) is 3. The topological polar surface area (TPSA) is 56.0 Å². The van der Waals surface area contributed by atoms with Crippen molar-refractivity contribution < 1.29 is 9.18 Å². The monoisotopic (exact) mass is 236 g/mol. The molecule has 0 radical (unpaired) electrons. The zero-order chi connectivity index (χ0) is 11.7. The average Bonchev–Trinajstić information content (AvgIpc) is 2.61. The fourth-order valence-electron chi connectivity index (χ4n) is 1.37. The number of benzene rings is 1. The molecular formula is C11H9FN2OS. The van der Waals surface area contributed by atoms with Gasteiger partial charge in [0, 0.05) is 5.56 Å². The Morgan fingerprint density at radius 1 is 1.44 bits per heavy atom. The van der Waals surface area contributed by atoms with E-state index < -0.39 is 5.91 Å². The van der Waals surface area contributed by atoms with E-state index in [2.05, 4.69) is 4.98 Å². The number of amides is 1. The molecule has 2 aromatic rings. The number of aromatic nitrogens is 1.